The van der Waals surface area contributed by atoms with Crippen LogP contribution in [0.5, 0.6) is 0 Å². The van der Waals surface area contributed by atoms with Crippen molar-refractivity contribution in [3.05, 3.63) is 50.9 Å². The highest BCUT2D eigenvalue weighted by atomic mass is 35.5. The van der Waals surface area contributed by atoms with Gasteiger partial charge in [-0.15, -0.1) is 11.3 Å². The van der Waals surface area contributed by atoms with Gasteiger partial charge in [0.2, 0.25) is 5.91 Å². The third-order valence-corrected chi connectivity index (χ3v) is 4.05. The van der Waals surface area contributed by atoms with Crippen LogP contribution in [0.3, 0.4) is 0 Å². The van der Waals surface area contributed by atoms with Crippen molar-refractivity contribution in [3.63, 3.8) is 0 Å². The highest BCUT2D eigenvalue weighted by molar-refractivity contribution is 7.09. The van der Waals surface area contributed by atoms with E-state index in [1.807, 2.05) is 0 Å². The Kier molecular flexibility index (Phi) is 4.93. The number of thiazole rings is 1. The van der Waals surface area contributed by atoms with Gasteiger partial charge in [-0.3, -0.25) is 4.79 Å². The molecule has 21 heavy (non-hydrogen) atoms. The summed E-state index contributed by atoms with van der Waals surface area (Å²) in [5.41, 5.74) is 0.850. The number of aromatic nitrogens is 1. The van der Waals surface area contributed by atoms with E-state index in [1.54, 1.807) is 31.2 Å². The van der Waals surface area contributed by atoms with E-state index in [2.05, 4.69) is 10.3 Å². The summed E-state index contributed by atoms with van der Waals surface area (Å²) in [4.78, 5) is 26.7. The molecule has 0 fully saturated rings. The lowest BCUT2D eigenvalue weighted by atomic mass is 10.1. The first-order valence-electron chi connectivity index (χ1n) is 6.18. The second-order valence-electron chi connectivity index (χ2n) is 4.47. The summed E-state index contributed by atoms with van der Waals surface area (Å²) >= 11 is 7.00. The number of hydrogen-bond donors (Lipinski definition) is 2. The molecule has 2 N–H and O–H groups in total. The van der Waals surface area contributed by atoms with Crippen LogP contribution in [-0.2, 0) is 11.2 Å². The van der Waals surface area contributed by atoms with Gasteiger partial charge in [0.15, 0.2) is 5.69 Å². The Morgan fingerprint density at radius 3 is 2.62 bits per heavy atom. The van der Waals surface area contributed by atoms with E-state index in [9.17, 15) is 9.59 Å². The number of hydrogen-bond acceptors (Lipinski definition) is 4. The fourth-order valence-electron chi connectivity index (χ4n) is 1.73. The van der Waals surface area contributed by atoms with E-state index < -0.39 is 5.97 Å². The van der Waals surface area contributed by atoms with Crippen molar-refractivity contribution in [2.45, 2.75) is 19.4 Å². The van der Waals surface area contributed by atoms with Crippen LogP contribution >= 0.6 is 22.9 Å². The summed E-state index contributed by atoms with van der Waals surface area (Å²) in [5.74, 6) is -1.23. The van der Waals surface area contributed by atoms with E-state index in [1.165, 1.54) is 16.7 Å². The average molecular weight is 325 g/mol. The Labute approximate surface area is 130 Å². The van der Waals surface area contributed by atoms with Crippen molar-refractivity contribution in [1.29, 1.82) is 0 Å². The highest BCUT2D eigenvalue weighted by Crippen LogP contribution is 2.18. The molecule has 0 saturated carbocycles. The number of amides is 1. The van der Waals surface area contributed by atoms with Crippen molar-refractivity contribution in [2.24, 2.45) is 0 Å². The zero-order valence-electron chi connectivity index (χ0n) is 11.2. The highest BCUT2D eigenvalue weighted by Gasteiger charge is 2.16. The monoisotopic (exact) mass is 324 g/mol. The number of nitrogens with one attached hydrogen (secondary N) is 1. The van der Waals surface area contributed by atoms with E-state index in [-0.39, 0.29) is 24.1 Å². The molecule has 0 bridgehead atoms. The maximum atomic E-state index is 11.9. The van der Waals surface area contributed by atoms with E-state index in [0.29, 0.717) is 10.0 Å². The molecule has 5 nitrogen and oxygen atoms in total. The fraction of sp³-hybridized carbons (Fsp3) is 0.214. The fourth-order valence-corrected chi connectivity index (χ4v) is 2.65. The summed E-state index contributed by atoms with van der Waals surface area (Å²) < 4.78 is 0. The zero-order valence-corrected chi connectivity index (χ0v) is 12.7. The van der Waals surface area contributed by atoms with Crippen molar-refractivity contribution >= 4 is 34.8 Å². The largest absolute Gasteiger partial charge is 0.476 e. The Bertz CT molecular complexity index is 654. The lowest BCUT2D eigenvalue weighted by Crippen LogP contribution is -2.28. The first-order valence-corrected chi connectivity index (χ1v) is 7.44. The molecule has 0 aliphatic carbocycles. The molecule has 1 atom stereocenters. The molecule has 0 saturated heterocycles. The summed E-state index contributed by atoms with van der Waals surface area (Å²) in [6.07, 6.45) is 0.235. The number of aromatic carboxylic acids is 1. The number of carboxylic acids is 1. The van der Waals surface area contributed by atoms with Crippen LogP contribution in [0.4, 0.5) is 0 Å². The number of rotatable bonds is 5. The molecule has 1 unspecified atom stereocenters. The average Bonchev–Trinajstić information content (AvgIpc) is 2.91. The Hall–Kier alpha value is -1.92. The van der Waals surface area contributed by atoms with Crippen molar-refractivity contribution in [2.75, 3.05) is 0 Å². The number of nitrogens with zero attached hydrogens (tertiary/aromatic N) is 1. The van der Waals surface area contributed by atoms with Crippen LogP contribution in [0.25, 0.3) is 0 Å². The Morgan fingerprint density at radius 2 is 2.05 bits per heavy atom. The summed E-state index contributed by atoms with van der Waals surface area (Å²) in [7, 11) is 0. The lowest BCUT2D eigenvalue weighted by Gasteiger charge is -2.11. The number of halogens is 1. The first kappa shape index (κ1) is 15.5. The Morgan fingerprint density at radius 1 is 1.38 bits per heavy atom. The maximum Gasteiger partial charge on any atom is 0.355 e. The molecule has 2 rings (SSSR count). The molecule has 0 aliphatic rings. The Balaban J connectivity index is 1.95. The second-order valence-corrected chi connectivity index (χ2v) is 5.79. The quantitative estimate of drug-likeness (QED) is 0.886. The van der Waals surface area contributed by atoms with Gasteiger partial charge in [-0.1, -0.05) is 23.7 Å². The van der Waals surface area contributed by atoms with E-state index >= 15 is 0 Å². The van der Waals surface area contributed by atoms with Crippen molar-refractivity contribution in [3.8, 4) is 0 Å². The molecule has 1 heterocycles. The predicted octanol–water partition coefficient (Wildman–Crippen LogP) is 2.91. The summed E-state index contributed by atoms with van der Waals surface area (Å²) in [5, 5.41) is 14.3. The molecular weight excluding hydrogens is 312 g/mol. The first-order chi connectivity index (χ1) is 9.95. The smallest absolute Gasteiger partial charge is 0.355 e. The predicted molar refractivity (Wildman–Crippen MR) is 80.8 cm³/mol. The molecule has 0 spiro atoms. The van der Waals surface area contributed by atoms with Crippen LogP contribution in [-0.4, -0.2) is 22.0 Å². The van der Waals surface area contributed by atoms with Crippen LogP contribution in [0.15, 0.2) is 29.6 Å². The minimum atomic E-state index is -1.07. The zero-order chi connectivity index (χ0) is 15.4. The van der Waals surface area contributed by atoms with Crippen LogP contribution < -0.4 is 5.32 Å². The van der Waals surface area contributed by atoms with Gasteiger partial charge < -0.3 is 10.4 Å². The van der Waals surface area contributed by atoms with Gasteiger partial charge in [0.05, 0.1) is 12.5 Å². The lowest BCUT2D eigenvalue weighted by molar-refractivity contribution is -0.121. The number of carboxylic acid groups (broad SMARTS) is 1. The number of carbonyl (C=O) groups excluding carboxylic acids is 1. The molecule has 1 aromatic carbocycles. The number of carbonyl (C=O) groups is 2. The van der Waals surface area contributed by atoms with Gasteiger partial charge in [-0.25, -0.2) is 9.78 Å². The molecule has 0 radical (unpaired) electrons. The molecule has 1 amide bonds. The van der Waals surface area contributed by atoms with Gasteiger partial charge in [0.1, 0.15) is 5.01 Å². The number of benzene rings is 1. The van der Waals surface area contributed by atoms with Crippen LogP contribution in [0, 0.1) is 0 Å². The third kappa shape index (κ3) is 4.27. The molecule has 110 valence electrons. The van der Waals surface area contributed by atoms with Gasteiger partial charge >= 0.3 is 5.97 Å². The molecule has 0 aliphatic heterocycles. The molecule has 7 heteroatoms. The van der Waals surface area contributed by atoms with Gasteiger partial charge in [-0.2, -0.15) is 0 Å². The molecular formula is C14H13ClN2O3S. The summed E-state index contributed by atoms with van der Waals surface area (Å²) in [6, 6.07) is 6.71. The van der Waals surface area contributed by atoms with Gasteiger partial charge in [0.25, 0.3) is 0 Å². The topological polar surface area (TPSA) is 79.3 Å². The SMILES string of the molecule is CC(NC(=O)Cc1ccc(Cl)cc1)c1nc(C(=O)O)cs1. The van der Waals surface area contributed by atoms with Crippen molar-refractivity contribution in [1.82, 2.24) is 10.3 Å². The standard InChI is InChI=1S/C14H13ClN2O3S/c1-8(13-17-11(7-21-13)14(19)20)16-12(18)6-9-2-4-10(15)5-3-9/h2-5,7-8H,6H2,1H3,(H,16,18)(H,19,20). The minimum absolute atomic E-state index is 0.00574. The van der Waals surface area contributed by atoms with Gasteiger partial charge in [0, 0.05) is 10.4 Å². The minimum Gasteiger partial charge on any atom is -0.476 e. The second kappa shape index (κ2) is 6.69. The molecule has 1 aromatic heterocycles. The summed E-state index contributed by atoms with van der Waals surface area (Å²) in [6.45, 7) is 1.77. The van der Waals surface area contributed by atoms with Gasteiger partial charge in [-0.05, 0) is 24.6 Å². The van der Waals surface area contributed by atoms with Crippen LogP contribution in [0.1, 0.15) is 34.0 Å². The molecule has 2 aromatic rings. The van der Waals surface area contributed by atoms with E-state index in [4.69, 9.17) is 16.7 Å². The van der Waals surface area contributed by atoms with Crippen molar-refractivity contribution < 1.29 is 14.7 Å². The van der Waals surface area contributed by atoms with E-state index in [0.717, 1.165) is 5.56 Å². The van der Waals surface area contributed by atoms with Crippen LogP contribution in [0.2, 0.25) is 5.02 Å². The normalized spacial score (nSPS) is 11.9. The maximum absolute atomic E-state index is 11.9. The third-order valence-electron chi connectivity index (χ3n) is 2.77.